The molecule has 4 aliphatic rings. The van der Waals surface area contributed by atoms with Gasteiger partial charge in [-0.25, -0.2) is 0 Å². The van der Waals surface area contributed by atoms with Gasteiger partial charge in [0.2, 0.25) is 0 Å². The first-order chi connectivity index (χ1) is 18.0. The lowest BCUT2D eigenvalue weighted by molar-refractivity contribution is -0.0709. The van der Waals surface area contributed by atoms with Gasteiger partial charge in [-0.15, -0.1) is 0 Å². The minimum absolute atomic E-state index is 0.473. The minimum atomic E-state index is 0.473. The summed E-state index contributed by atoms with van der Waals surface area (Å²) in [5, 5.41) is 0. The zero-order valence-electron chi connectivity index (χ0n) is 25.1. The van der Waals surface area contributed by atoms with E-state index in [0.717, 1.165) is 64.8 Å². The van der Waals surface area contributed by atoms with Crippen molar-refractivity contribution in [3.8, 4) is 0 Å². The quantitative estimate of drug-likeness (QED) is 0.267. The van der Waals surface area contributed by atoms with Gasteiger partial charge in [0, 0.05) is 11.4 Å². The molecule has 4 aliphatic carbocycles. The van der Waals surface area contributed by atoms with Crippen LogP contribution in [0.4, 0.5) is 11.4 Å². The Morgan fingerprint density at radius 1 is 0.895 bits per heavy atom. The lowest BCUT2D eigenvalue weighted by Gasteiger charge is -2.59. The summed E-state index contributed by atoms with van der Waals surface area (Å²) in [7, 11) is 0. The summed E-state index contributed by atoms with van der Waals surface area (Å²) in [5.41, 5.74) is 17.0. The summed E-state index contributed by atoms with van der Waals surface area (Å²) >= 11 is 0. The van der Waals surface area contributed by atoms with Crippen molar-refractivity contribution in [2.24, 2.45) is 58.2 Å². The number of anilines is 2. The highest BCUT2D eigenvalue weighted by Gasteiger charge is 2.59. The Kier molecular flexibility index (Phi) is 7.84. The topological polar surface area (TPSA) is 52.0 Å². The third kappa shape index (κ3) is 5.11. The average molecular weight is 517 g/mol. The smallest absolute Gasteiger partial charge is 0.0340 e. The number of hydrogen-bond acceptors (Lipinski definition) is 2. The molecule has 2 nitrogen and oxygen atoms in total. The number of hydrogen-bond donors (Lipinski definition) is 2. The summed E-state index contributed by atoms with van der Waals surface area (Å²) in [6, 6.07) is 5.91. The van der Waals surface area contributed by atoms with Crippen molar-refractivity contribution in [1.29, 1.82) is 0 Å². The molecule has 0 saturated heterocycles. The molecule has 9 unspecified atom stereocenters. The molecule has 0 aliphatic heterocycles. The molecular formula is C36H56N2. The predicted octanol–water partition coefficient (Wildman–Crippen LogP) is 9.77. The second-order valence-electron chi connectivity index (χ2n) is 15.2. The summed E-state index contributed by atoms with van der Waals surface area (Å²) in [5.74, 6) is 6.68. The van der Waals surface area contributed by atoms with Crippen LogP contribution < -0.4 is 11.5 Å². The van der Waals surface area contributed by atoms with Gasteiger partial charge in [-0.3, -0.25) is 0 Å². The van der Waals surface area contributed by atoms with Crippen molar-refractivity contribution in [1.82, 2.24) is 0 Å². The molecule has 0 heterocycles. The number of rotatable bonds is 8. The molecule has 0 bridgehead atoms. The van der Waals surface area contributed by atoms with E-state index in [0.29, 0.717) is 16.7 Å². The van der Waals surface area contributed by atoms with Crippen LogP contribution in [-0.4, -0.2) is 0 Å². The maximum absolute atomic E-state index is 6.07. The largest absolute Gasteiger partial charge is 0.399 e. The standard InChI is InChI=1S/C36H56N2/c1-23(2)8-7-9-24(3)32-12-13-33-31-11-10-28-19-26(18-25(4)27-20-29(37)22-30(38)21-27)14-16-35(28,5)34(31)15-17-36(32,33)6/h10-11,20-24,26,28,31-34H,4,7-9,12-19,37-38H2,1-3,5-6H3. The third-order valence-corrected chi connectivity index (χ3v) is 12.4. The van der Waals surface area contributed by atoms with Crippen LogP contribution in [0.3, 0.4) is 0 Å². The number of fused-ring (bicyclic) bond motifs is 5. The first-order valence-electron chi connectivity index (χ1n) is 16.0. The Balaban J connectivity index is 1.25. The van der Waals surface area contributed by atoms with Gasteiger partial charge in [-0.1, -0.05) is 72.6 Å². The Labute approximate surface area is 234 Å². The Bertz CT molecular complexity index is 1020. The van der Waals surface area contributed by atoms with Crippen LogP contribution in [0.2, 0.25) is 0 Å². The van der Waals surface area contributed by atoms with E-state index in [1.807, 2.05) is 18.2 Å². The van der Waals surface area contributed by atoms with Crippen LogP contribution in [0.1, 0.15) is 111 Å². The molecule has 1 aromatic carbocycles. The molecule has 3 saturated carbocycles. The number of nitrogens with two attached hydrogens (primary N) is 2. The molecule has 0 spiro atoms. The molecule has 9 atom stereocenters. The van der Waals surface area contributed by atoms with Gasteiger partial charge in [0.1, 0.15) is 0 Å². The van der Waals surface area contributed by atoms with Crippen molar-refractivity contribution in [3.05, 3.63) is 42.5 Å². The molecule has 38 heavy (non-hydrogen) atoms. The predicted molar refractivity (Wildman–Crippen MR) is 165 cm³/mol. The normalized spacial score (nSPS) is 38.9. The van der Waals surface area contributed by atoms with E-state index in [-0.39, 0.29) is 0 Å². The molecular weight excluding hydrogens is 460 g/mol. The summed E-state index contributed by atoms with van der Waals surface area (Å²) in [6.07, 6.45) is 20.6. The van der Waals surface area contributed by atoms with Gasteiger partial charge < -0.3 is 11.5 Å². The minimum Gasteiger partial charge on any atom is -0.399 e. The van der Waals surface area contributed by atoms with E-state index in [4.69, 9.17) is 11.5 Å². The van der Waals surface area contributed by atoms with Crippen LogP contribution in [0.15, 0.2) is 36.9 Å². The maximum atomic E-state index is 6.07. The number of benzene rings is 1. The van der Waals surface area contributed by atoms with E-state index in [9.17, 15) is 0 Å². The fourth-order valence-corrected chi connectivity index (χ4v) is 10.3. The zero-order valence-corrected chi connectivity index (χ0v) is 25.1. The molecule has 0 radical (unpaired) electrons. The van der Waals surface area contributed by atoms with Crippen LogP contribution >= 0.6 is 0 Å². The van der Waals surface area contributed by atoms with Gasteiger partial charge in [0.05, 0.1) is 0 Å². The van der Waals surface area contributed by atoms with Crippen molar-refractivity contribution in [2.75, 3.05) is 11.5 Å². The average Bonchev–Trinajstić information content (AvgIpc) is 3.20. The maximum Gasteiger partial charge on any atom is 0.0340 e. The van der Waals surface area contributed by atoms with E-state index in [2.05, 4.69) is 53.3 Å². The van der Waals surface area contributed by atoms with E-state index >= 15 is 0 Å². The highest BCUT2D eigenvalue weighted by atomic mass is 14.6. The highest BCUT2D eigenvalue weighted by Crippen LogP contribution is 2.67. The molecule has 210 valence electrons. The van der Waals surface area contributed by atoms with Crippen LogP contribution in [-0.2, 0) is 0 Å². The summed E-state index contributed by atoms with van der Waals surface area (Å²) in [6.45, 7) is 17.2. The Morgan fingerprint density at radius 2 is 1.58 bits per heavy atom. The van der Waals surface area contributed by atoms with Crippen molar-refractivity contribution in [2.45, 2.75) is 105 Å². The molecule has 2 heteroatoms. The molecule has 3 fully saturated rings. The molecule has 0 aromatic heterocycles. The van der Waals surface area contributed by atoms with E-state index in [1.54, 1.807) is 0 Å². The second-order valence-corrected chi connectivity index (χ2v) is 15.2. The monoisotopic (exact) mass is 516 g/mol. The fourth-order valence-electron chi connectivity index (χ4n) is 10.3. The Morgan fingerprint density at radius 3 is 2.29 bits per heavy atom. The van der Waals surface area contributed by atoms with Crippen LogP contribution in [0, 0.1) is 58.2 Å². The van der Waals surface area contributed by atoms with Crippen molar-refractivity contribution in [3.63, 3.8) is 0 Å². The highest BCUT2D eigenvalue weighted by molar-refractivity contribution is 5.70. The Hall–Kier alpha value is -1.70. The van der Waals surface area contributed by atoms with Crippen LogP contribution in [0.5, 0.6) is 0 Å². The lowest BCUT2D eigenvalue weighted by Crippen LogP contribution is -2.52. The number of nitrogen functional groups attached to an aromatic ring is 2. The molecule has 4 N–H and O–H groups in total. The van der Waals surface area contributed by atoms with Crippen LogP contribution in [0.25, 0.3) is 5.57 Å². The SMILES string of the molecule is C=C(CC1CCC2(C)C(C=CC3C2CCC2(C)C(C(C)CCCC(C)C)CCC32)C1)c1cc(N)cc(N)c1. The van der Waals surface area contributed by atoms with E-state index in [1.165, 1.54) is 69.8 Å². The van der Waals surface area contributed by atoms with Gasteiger partial charge in [-0.2, -0.15) is 0 Å². The molecule has 5 rings (SSSR count). The molecule has 1 aromatic rings. The van der Waals surface area contributed by atoms with Crippen molar-refractivity contribution < 1.29 is 0 Å². The first kappa shape index (κ1) is 27.9. The molecule has 0 amide bonds. The van der Waals surface area contributed by atoms with E-state index < -0.39 is 0 Å². The second kappa shape index (κ2) is 10.7. The fraction of sp³-hybridized carbons (Fsp3) is 0.722. The van der Waals surface area contributed by atoms with Gasteiger partial charge >= 0.3 is 0 Å². The first-order valence-corrected chi connectivity index (χ1v) is 16.0. The van der Waals surface area contributed by atoms with Gasteiger partial charge in [-0.05, 0) is 139 Å². The summed E-state index contributed by atoms with van der Waals surface area (Å²) < 4.78 is 0. The zero-order chi connectivity index (χ0) is 27.2. The number of allylic oxidation sites excluding steroid dienone is 3. The lowest BCUT2D eigenvalue weighted by atomic mass is 9.45. The third-order valence-electron chi connectivity index (χ3n) is 12.4. The summed E-state index contributed by atoms with van der Waals surface area (Å²) in [4.78, 5) is 0. The van der Waals surface area contributed by atoms with Gasteiger partial charge in [0.25, 0.3) is 0 Å². The van der Waals surface area contributed by atoms with Gasteiger partial charge in [0.15, 0.2) is 0 Å². The van der Waals surface area contributed by atoms with Crippen molar-refractivity contribution >= 4 is 16.9 Å².